The van der Waals surface area contributed by atoms with Crippen molar-refractivity contribution in [1.82, 2.24) is 5.32 Å². The molecule has 2 nitrogen and oxygen atoms in total. The van der Waals surface area contributed by atoms with Gasteiger partial charge in [-0.2, -0.15) is 0 Å². The summed E-state index contributed by atoms with van der Waals surface area (Å²) < 4.78 is 31.1. The van der Waals surface area contributed by atoms with Crippen LogP contribution in [0, 0.1) is 11.6 Å². The van der Waals surface area contributed by atoms with Crippen LogP contribution in [-0.2, 0) is 4.74 Å². The molecule has 0 aliphatic heterocycles. The van der Waals surface area contributed by atoms with Crippen molar-refractivity contribution in [2.75, 3.05) is 27.3 Å². The number of rotatable bonds is 5. The largest absolute Gasteiger partial charge is 0.384 e. The summed E-state index contributed by atoms with van der Waals surface area (Å²) in [5, 5.41) is 2.95. The molecule has 1 atom stereocenters. The first-order valence-electron chi connectivity index (χ1n) is 4.77. The van der Waals surface area contributed by atoms with Gasteiger partial charge in [-0.25, -0.2) is 8.78 Å². The number of hydrogen-bond acceptors (Lipinski definition) is 2. The quantitative estimate of drug-likeness (QED) is 0.810. The maximum atomic E-state index is 13.4. The topological polar surface area (TPSA) is 21.3 Å². The standard InChI is InChI=1S/C11H15F2NO/c1-14-6-8(7-15-2)10-4-3-9(12)5-11(10)13/h3-5,8,14H,6-7H2,1-2H3. The van der Waals surface area contributed by atoms with Crippen molar-refractivity contribution < 1.29 is 13.5 Å². The second kappa shape index (κ2) is 5.78. The van der Waals surface area contributed by atoms with Gasteiger partial charge >= 0.3 is 0 Å². The fourth-order valence-electron chi connectivity index (χ4n) is 1.54. The van der Waals surface area contributed by atoms with E-state index in [1.54, 1.807) is 14.2 Å². The molecule has 0 heterocycles. The first-order chi connectivity index (χ1) is 7.19. The Morgan fingerprint density at radius 3 is 2.67 bits per heavy atom. The van der Waals surface area contributed by atoms with Crippen LogP contribution < -0.4 is 5.32 Å². The monoisotopic (exact) mass is 215 g/mol. The summed E-state index contributed by atoms with van der Waals surface area (Å²) in [5.74, 6) is -1.18. The lowest BCUT2D eigenvalue weighted by Gasteiger charge is -2.16. The van der Waals surface area contributed by atoms with E-state index in [-0.39, 0.29) is 5.92 Å². The van der Waals surface area contributed by atoms with Crippen LogP contribution in [0.5, 0.6) is 0 Å². The summed E-state index contributed by atoms with van der Waals surface area (Å²) in [6, 6.07) is 3.62. The highest BCUT2D eigenvalue weighted by atomic mass is 19.1. The molecule has 1 aromatic rings. The molecular weight excluding hydrogens is 200 g/mol. The molecule has 0 amide bonds. The lowest BCUT2D eigenvalue weighted by molar-refractivity contribution is 0.177. The maximum absolute atomic E-state index is 13.4. The fraction of sp³-hybridized carbons (Fsp3) is 0.455. The normalized spacial score (nSPS) is 12.8. The molecule has 1 unspecified atom stereocenters. The second-order valence-electron chi connectivity index (χ2n) is 3.38. The Labute approximate surface area is 88.3 Å². The first kappa shape index (κ1) is 12.1. The van der Waals surface area contributed by atoms with Crippen LogP contribution in [-0.4, -0.2) is 27.3 Å². The highest BCUT2D eigenvalue weighted by Crippen LogP contribution is 2.19. The summed E-state index contributed by atoms with van der Waals surface area (Å²) in [6.45, 7) is 1.000. The van der Waals surface area contributed by atoms with Gasteiger partial charge in [-0.15, -0.1) is 0 Å². The Morgan fingerprint density at radius 2 is 2.13 bits per heavy atom. The van der Waals surface area contributed by atoms with Crippen molar-refractivity contribution >= 4 is 0 Å². The van der Waals surface area contributed by atoms with Gasteiger partial charge in [-0.1, -0.05) is 6.07 Å². The van der Waals surface area contributed by atoms with E-state index in [1.165, 1.54) is 12.1 Å². The lowest BCUT2D eigenvalue weighted by Crippen LogP contribution is -2.21. The molecule has 1 N–H and O–H groups in total. The molecule has 0 aliphatic carbocycles. The predicted octanol–water partition coefficient (Wildman–Crippen LogP) is 1.91. The van der Waals surface area contributed by atoms with E-state index >= 15 is 0 Å². The molecular formula is C11H15F2NO. The van der Waals surface area contributed by atoms with E-state index in [2.05, 4.69) is 5.32 Å². The predicted molar refractivity (Wildman–Crippen MR) is 54.9 cm³/mol. The molecule has 0 aliphatic rings. The van der Waals surface area contributed by atoms with Crippen molar-refractivity contribution in [2.45, 2.75) is 5.92 Å². The minimum atomic E-state index is -0.558. The third-order valence-electron chi connectivity index (χ3n) is 2.22. The zero-order valence-corrected chi connectivity index (χ0v) is 8.89. The number of hydrogen-bond donors (Lipinski definition) is 1. The van der Waals surface area contributed by atoms with Gasteiger partial charge in [0, 0.05) is 25.6 Å². The van der Waals surface area contributed by atoms with Crippen molar-refractivity contribution in [3.05, 3.63) is 35.4 Å². The van der Waals surface area contributed by atoms with E-state index in [4.69, 9.17) is 4.74 Å². The summed E-state index contributed by atoms with van der Waals surface area (Å²) in [7, 11) is 3.34. The summed E-state index contributed by atoms with van der Waals surface area (Å²) >= 11 is 0. The highest BCUT2D eigenvalue weighted by molar-refractivity contribution is 5.23. The van der Waals surface area contributed by atoms with E-state index in [1.807, 2.05) is 0 Å². The van der Waals surface area contributed by atoms with E-state index in [0.29, 0.717) is 18.7 Å². The van der Waals surface area contributed by atoms with Crippen molar-refractivity contribution in [2.24, 2.45) is 0 Å². The molecule has 0 fully saturated rings. The molecule has 0 aromatic heterocycles. The molecule has 0 spiro atoms. The van der Waals surface area contributed by atoms with Gasteiger partial charge in [0.2, 0.25) is 0 Å². The number of nitrogens with one attached hydrogen (secondary N) is 1. The number of likely N-dealkylation sites (N-methyl/N-ethyl adjacent to an activating group) is 1. The van der Waals surface area contributed by atoms with Crippen molar-refractivity contribution in [1.29, 1.82) is 0 Å². The molecule has 1 aromatic carbocycles. The highest BCUT2D eigenvalue weighted by Gasteiger charge is 2.15. The van der Waals surface area contributed by atoms with E-state index in [9.17, 15) is 8.78 Å². The van der Waals surface area contributed by atoms with Crippen LogP contribution in [0.3, 0.4) is 0 Å². The number of ether oxygens (including phenoxy) is 1. The van der Waals surface area contributed by atoms with E-state index in [0.717, 1.165) is 6.07 Å². The van der Waals surface area contributed by atoms with Crippen LogP contribution in [0.2, 0.25) is 0 Å². The van der Waals surface area contributed by atoms with Crippen LogP contribution in [0.4, 0.5) is 8.78 Å². The summed E-state index contributed by atoms with van der Waals surface area (Å²) in [6.07, 6.45) is 0. The van der Waals surface area contributed by atoms with Gasteiger partial charge in [-0.05, 0) is 18.7 Å². The van der Waals surface area contributed by atoms with Crippen molar-refractivity contribution in [3.8, 4) is 0 Å². The van der Waals surface area contributed by atoms with Crippen LogP contribution in [0.25, 0.3) is 0 Å². The second-order valence-corrected chi connectivity index (χ2v) is 3.38. The number of halogens is 2. The summed E-state index contributed by atoms with van der Waals surface area (Å²) in [5.41, 5.74) is 0.479. The molecule has 15 heavy (non-hydrogen) atoms. The number of benzene rings is 1. The Balaban J connectivity index is 2.89. The fourth-order valence-corrected chi connectivity index (χ4v) is 1.54. The third-order valence-corrected chi connectivity index (χ3v) is 2.22. The minimum Gasteiger partial charge on any atom is -0.384 e. The van der Waals surface area contributed by atoms with Gasteiger partial charge in [0.15, 0.2) is 0 Å². The average Bonchev–Trinajstić information content (AvgIpc) is 2.17. The van der Waals surface area contributed by atoms with Gasteiger partial charge in [-0.3, -0.25) is 0 Å². The van der Waals surface area contributed by atoms with Crippen LogP contribution in [0.1, 0.15) is 11.5 Å². The van der Waals surface area contributed by atoms with Crippen LogP contribution in [0.15, 0.2) is 18.2 Å². The summed E-state index contributed by atoms with van der Waals surface area (Å²) in [4.78, 5) is 0. The van der Waals surface area contributed by atoms with Crippen LogP contribution >= 0.6 is 0 Å². The molecule has 0 saturated heterocycles. The molecule has 4 heteroatoms. The zero-order valence-electron chi connectivity index (χ0n) is 8.89. The Hall–Kier alpha value is -1.00. The Morgan fingerprint density at radius 1 is 1.40 bits per heavy atom. The Bertz CT molecular complexity index is 311. The Kier molecular flexibility index (Phi) is 4.65. The van der Waals surface area contributed by atoms with Gasteiger partial charge in [0.05, 0.1) is 6.61 Å². The third kappa shape index (κ3) is 3.25. The van der Waals surface area contributed by atoms with Gasteiger partial charge < -0.3 is 10.1 Å². The molecule has 84 valence electrons. The van der Waals surface area contributed by atoms with E-state index < -0.39 is 11.6 Å². The van der Waals surface area contributed by atoms with Gasteiger partial charge in [0.1, 0.15) is 11.6 Å². The lowest BCUT2D eigenvalue weighted by atomic mass is 9.99. The molecule has 0 radical (unpaired) electrons. The SMILES string of the molecule is CNCC(COC)c1ccc(F)cc1F. The smallest absolute Gasteiger partial charge is 0.129 e. The molecule has 0 saturated carbocycles. The number of methoxy groups -OCH3 is 1. The average molecular weight is 215 g/mol. The molecule has 0 bridgehead atoms. The van der Waals surface area contributed by atoms with Gasteiger partial charge in [0.25, 0.3) is 0 Å². The molecule has 1 rings (SSSR count). The zero-order chi connectivity index (χ0) is 11.3. The van der Waals surface area contributed by atoms with Crippen molar-refractivity contribution in [3.63, 3.8) is 0 Å². The minimum absolute atomic E-state index is 0.0967. The first-order valence-corrected chi connectivity index (χ1v) is 4.77. The maximum Gasteiger partial charge on any atom is 0.129 e.